The summed E-state index contributed by atoms with van der Waals surface area (Å²) in [6, 6.07) is 3.74. The van der Waals surface area contributed by atoms with E-state index in [0.29, 0.717) is 5.56 Å². The molecule has 0 aliphatic rings. The number of rotatable bonds is 5. The first-order chi connectivity index (χ1) is 9.11. The van der Waals surface area contributed by atoms with Crippen molar-refractivity contribution in [3.8, 4) is 0 Å². The molecule has 1 amide bonds. The van der Waals surface area contributed by atoms with Crippen LogP contribution in [-0.4, -0.2) is 37.7 Å². The molecule has 0 aliphatic heterocycles. The predicted molar refractivity (Wildman–Crippen MR) is 73.5 cm³/mol. The molecule has 20 heavy (non-hydrogen) atoms. The molecular formula is C13H17NO5S. The first-order valence-electron chi connectivity index (χ1n) is 5.94. The molecule has 6 nitrogen and oxygen atoms in total. The van der Waals surface area contributed by atoms with Crippen molar-refractivity contribution >= 4 is 21.7 Å². The fourth-order valence-electron chi connectivity index (χ4n) is 1.69. The third kappa shape index (κ3) is 4.34. The highest BCUT2D eigenvalue weighted by atomic mass is 32.2. The number of aliphatic carboxylic acids is 1. The van der Waals surface area contributed by atoms with Crippen LogP contribution in [0, 0.1) is 6.92 Å². The maximum Gasteiger partial charge on any atom is 0.305 e. The number of carbonyl (C=O) groups excluding carboxylic acids is 1. The van der Waals surface area contributed by atoms with Crippen LogP contribution in [0.3, 0.4) is 0 Å². The molecular weight excluding hydrogens is 282 g/mol. The number of nitrogens with one attached hydrogen (secondary N) is 1. The van der Waals surface area contributed by atoms with E-state index in [1.807, 2.05) is 0 Å². The second kappa shape index (κ2) is 6.04. The van der Waals surface area contributed by atoms with Crippen molar-refractivity contribution in [2.45, 2.75) is 31.2 Å². The quantitative estimate of drug-likeness (QED) is 0.844. The van der Waals surface area contributed by atoms with Crippen molar-refractivity contribution in [3.63, 3.8) is 0 Å². The van der Waals surface area contributed by atoms with Crippen molar-refractivity contribution in [3.05, 3.63) is 29.3 Å². The summed E-state index contributed by atoms with van der Waals surface area (Å²) in [5, 5.41) is 11.2. The Bertz CT molecular complexity index is 636. The van der Waals surface area contributed by atoms with Crippen LogP contribution in [0.15, 0.2) is 23.1 Å². The Morgan fingerprint density at radius 2 is 1.95 bits per heavy atom. The average molecular weight is 299 g/mol. The Kier molecular flexibility index (Phi) is 4.88. The van der Waals surface area contributed by atoms with Gasteiger partial charge >= 0.3 is 5.97 Å². The van der Waals surface area contributed by atoms with Gasteiger partial charge < -0.3 is 10.4 Å². The monoisotopic (exact) mass is 299 g/mol. The second-order valence-corrected chi connectivity index (χ2v) is 6.74. The molecule has 1 atom stereocenters. The molecule has 0 radical (unpaired) electrons. The molecule has 0 fully saturated rings. The lowest BCUT2D eigenvalue weighted by atomic mass is 10.1. The van der Waals surface area contributed by atoms with Crippen LogP contribution in [0.2, 0.25) is 0 Å². The number of carboxylic acids is 1. The van der Waals surface area contributed by atoms with Gasteiger partial charge in [-0.1, -0.05) is 6.07 Å². The highest BCUT2D eigenvalue weighted by Gasteiger charge is 2.17. The SMILES string of the molecule is Cc1ccc(S(C)(=O)=O)cc1C(=O)NC(C)CC(=O)O. The number of benzene rings is 1. The summed E-state index contributed by atoms with van der Waals surface area (Å²) in [4.78, 5) is 22.6. The molecule has 0 aromatic heterocycles. The van der Waals surface area contributed by atoms with Gasteiger partial charge in [-0.05, 0) is 31.5 Å². The summed E-state index contributed by atoms with van der Waals surface area (Å²) in [7, 11) is -3.40. The molecule has 1 unspecified atom stereocenters. The van der Waals surface area contributed by atoms with Gasteiger partial charge in [0.25, 0.3) is 5.91 Å². The van der Waals surface area contributed by atoms with E-state index < -0.39 is 27.8 Å². The Morgan fingerprint density at radius 1 is 1.35 bits per heavy atom. The standard InChI is InChI=1S/C13H17NO5S/c1-8-4-5-10(20(3,18)19)7-11(8)13(17)14-9(2)6-12(15)16/h4-5,7,9H,6H2,1-3H3,(H,14,17)(H,15,16). The molecule has 0 saturated heterocycles. The van der Waals surface area contributed by atoms with Crippen LogP contribution in [0.25, 0.3) is 0 Å². The maximum atomic E-state index is 12.0. The van der Waals surface area contributed by atoms with Crippen molar-refractivity contribution in [2.75, 3.05) is 6.26 Å². The van der Waals surface area contributed by atoms with Gasteiger partial charge in [-0.2, -0.15) is 0 Å². The minimum Gasteiger partial charge on any atom is -0.481 e. The van der Waals surface area contributed by atoms with E-state index in [9.17, 15) is 18.0 Å². The number of sulfone groups is 1. The van der Waals surface area contributed by atoms with Gasteiger partial charge in [0.05, 0.1) is 11.3 Å². The molecule has 0 spiro atoms. The molecule has 1 aromatic carbocycles. The Balaban J connectivity index is 3.01. The van der Waals surface area contributed by atoms with E-state index in [0.717, 1.165) is 6.26 Å². The number of amides is 1. The van der Waals surface area contributed by atoms with Crippen LogP contribution in [0.1, 0.15) is 29.3 Å². The molecule has 1 rings (SSSR count). The van der Waals surface area contributed by atoms with Gasteiger partial charge in [0, 0.05) is 17.9 Å². The summed E-state index contributed by atoms with van der Waals surface area (Å²) in [6.07, 6.45) is 0.864. The molecule has 0 bridgehead atoms. The smallest absolute Gasteiger partial charge is 0.305 e. The van der Waals surface area contributed by atoms with Crippen molar-refractivity contribution in [2.24, 2.45) is 0 Å². The summed E-state index contributed by atoms with van der Waals surface area (Å²) in [5.41, 5.74) is 0.850. The number of hydrogen-bond acceptors (Lipinski definition) is 4. The van der Waals surface area contributed by atoms with E-state index in [-0.39, 0.29) is 16.9 Å². The Morgan fingerprint density at radius 3 is 2.45 bits per heavy atom. The number of hydrogen-bond donors (Lipinski definition) is 2. The van der Waals surface area contributed by atoms with E-state index in [4.69, 9.17) is 5.11 Å². The van der Waals surface area contributed by atoms with Crippen LogP contribution >= 0.6 is 0 Å². The lowest BCUT2D eigenvalue weighted by molar-refractivity contribution is -0.137. The Labute approximate surface area is 117 Å². The largest absolute Gasteiger partial charge is 0.481 e. The lowest BCUT2D eigenvalue weighted by Crippen LogP contribution is -2.34. The summed E-state index contributed by atoms with van der Waals surface area (Å²) >= 11 is 0. The molecule has 0 aliphatic carbocycles. The van der Waals surface area contributed by atoms with Gasteiger partial charge in [-0.3, -0.25) is 9.59 Å². The van der Waals surface area contributed by atoms with Crippen molar-refractivity contribution < 1.29 is 23.1 Å². The van der Waals surface area contributed by atoms with Crippen molar-refractivity contribution in [1.29, 1.82) is 0 Å². The minimum absolute atomic E-state index is 0.0548. The first-order valence-corrected chi connectivity index (χ1v) is 7.83. The van der Waals surface area contributed by atoms with E-state index >= 15 is 0 Å². The van der Waals surface area contributed by atoms with Crippen LogP contribution in [0.5, 0.6) is 0 Å². The number of carboxylic acid groups (broad SMARTS) is 1. The summed E-state index contributed by atoms with van der Waals surface area (Å²) < 4.78 is 23.0. The third-order valence-corrected chi connectivity index (χ3v) is 3.85. The van der Waals surface area contributed by atoms with Crippen LogP contribution < -0.4 is 5.32 Å². The first kappa shape index (κ1) is 16.2. The summed E-state index contributed by atoms with van der Waals surface area (Å²) in [5.74, 6) is -1.50. The third-order valence-electron chi connectivity index (χ3n) is 2.74. The fourth-order valence-corrected chi connectivity index (χ4v) is 2.34. The Hall–Kier alpha value is -1.89. The van der Waals surface area contributed by atoms with Gasteiger partial charge in [-0.15, -0.1) is 0 Å². The molecule has 1 aromatic rings. The minimum atomic E-state index is -3.40. The normalized spacial score (nSPS) is 12.8. The topological polar surface area (TPSA) is 101 Å². The van der Waals surface area contributed by atoms with Gasteiger partial charge in [0.1, 0.15) is 0 Å². The van der Waals surface area contributed by atoms with E-state index in [1.54, 1.807) is 19.9 Å². The van der Waals surface area contributed by atoms with Crippen LogP contribution in [-0.2, 0) is 14.6 Å². The van der Waals surface area contributed by atoms with Crippen LogP contribution in [0.4, 0.5) is 0 Å². The van der Waals surface area contributed by atoms with Crippen molar-refractivity contribution in [1.82, 2.24) is 5.32 Å². The van der Waals surface area contributed by atoms with Gasteiger partial charge in [0.15, 0.2) is 9.84 Å². The number of aryl methyl sites for hydroxylation is 1. The highest BCUT2D eigenvalue weighted by molar-refractivity contribution is 7.90. The fraction of sp³-hybridized carbons (Fsp3) is 0.385. The molecule has 0 heterocycles. The molecule has 110 valence electrons. The lowest BCUT2D eigenvalue weighted by Gasteiger charge is -2.13. The molecule has 2 N–H and O–H groups in total. The number of carbonyl (C=O) groups is 2. The van der Waals surface area contributed by atoms with E-state index in [2.05, 4.69) is 5.32 Å². The average Bonchev–Trinajstić information content (AvgIpc) is 2.26. The predicted octanol–water partition coefficient (Wildman–Crippen LogP) is 0.992. The van der Waals surface area contributed by atoms with E-state index in [1.165, 1.54) is 12.1 Å². The zero-order valence-electron chi connectivity index (χ0n) is 11.5. The summed E-state index contributed by atoms with van der Waals surface area (Å²) in [6.45, 7) is 3.25. The van der Waals surface area contributed by atoms with Gasteiger partial charge in [0.2, 0.25) is 0 Å². The van der Waals surface area contributed by atoms with Gasteiger partial charge in [-0.25, -0.2) is 8.42 Å². The second-order valence-electron chi connectivity index (χ2n) is 4.72. The zero-order valence-corrected chi connectivity index (χ0v) is 12.3. The molecule has 7 heteroatoms. The zero-order chi connectivity index (χ0) is 15.5. The molecule has 0 saturated carbocycles. The highest BCUT2D eigenvalue weighted by Crippen LogP contribution is 2.15. The maximum absolute atomic E-state index is 12.0.